The Labute approximate surface area is 200 Å². The molecule has 9 nitrogen and oxygen atoms in total. The molecule has 3 aromatic rings. The molecule has 10 heteroatoms. The average Bonchev–Trinajstić information content (AvgIpc) is 2.84. The number of nitrogens with one attached hydrogen (secondary N) is 3. The first-order chi connectivity index (χ1) is 16.8. The molecular weight excluding hydrogens is 455 g/mol. The van der Waals surface area contributed by atoms with Crippen LogP contribution < -0.4 is 25.5 Å². The van der Waals surface area contributed by atoms with E-state index in [2.05, 4.69) is 21.2 Å². The Balaban J connectivity index is 1.52. The number of amides is 3. The van der Waals surface area contributed by atoms with Crippen molar-refractivity contribution < 1.29 is 28.2 Å². The molecule has 0 aliphatic carbocycles. The van der Waals surface area contributed by atoms with Crippen LogP contribution in [0.4, 0.5) is 15.8 Å². The number of halogens is 1. The zero-order valence-electron chi connectivity index (χ0n) is 19.0. The van der Waals surface area contributed by atoms with Gasteiger partial charge in [-0.25, -0.2) is 9.82 Å². The number of anilines is 2. The van der Waals surface area contributed by atoms with E-state index in [9.17, 15) is 18.8 Å². The first kappa shape index (κ1) is 24.9. The lowest BCUT2D eigenvalue weighted by Gasteiger charge is -2.11. The lowest BCUT2D eigenvalue weighted by atomic mass is 10.2. The maximum absolute atomic E-state index is 13.0. The molecule has 3 amide bonds. The van der Waals surface area contributed by atoms with Gasteiger partial charge in [0.1, 0.15) is 5.82 Å². The molecule has 0 saturated heterocycles. The Bertz CT molecular complexity index is 1240. The fourth-order valence-electron chi connectivity index (χ4n) is 2.88. The van der Waals surface area contributed by atoms with E-state index in [1.165, 1.54) is 37.6 Å². The third-order valence-electron chi connectivity index (χ3n) is 4.54. The van der Waals surface area contributed by atoms with Crippen molar-refractivity contribution in [1.82, 2.24) is 5.43 Å². The third kappa shape index (κ3) is 7.67. The predicted octanol–water partition coefficient (Wildman–Crippen LogP) is 3.25. The normalized spacial score (nSPS) is 10.5. The van der Waals surface area contributed by atoms with Crippen molar-refractivity contribution in [3.8, 4) is 11.5 Å². The molecular formula is C25H23FN4O5. The minimum absolute atomic E-state index is 0.298. The summed E-state index contributed by atoms with van der Waals surface area (Å²) >= 11 is 0. The van der Waals surface area contributed by atoms with Gasteiger partial charge in [0, 0.05) is 11.4 Å². The van der Waals surface area contributed by atoms with Crippen LogP contribution >= 0.6 is 0 Å². The van der Waals surface area contributed by atoms with Gasteiger partial charge in [0.25, 0.3) is 5.91 Å². The Morgan fingerprint density at radius 1 is 0.914 bits per heavy atom. The summed E-state index contributed by atoms with van der Waals surface area (Å²) in [6, 6.07) is 17.1. The quantitative estimate of drug-likeness (QED) is 0.261. The summed E-state index contributed by atoms with van der Waals surface area (Å²) in [7, 11) is 1.43. The summed E-state index contributed by atoms with van der Waals surface area (Å²) < 4.78 is 23.7. The number of methoxy groups -OCH3 is 1. The van der Waals surface area contributed by atoms with Gasteiger partial charge in [-0.3, -0.25) is 14.4 Å². The topological polar surface area (TPSA) is 118 Å². The van der Waals surface area contributed by atoms with Gasteiger partial charge in [0.2, 0.25) is 0 Å². The molecule has 0 atom stereocenters. The summed E-state index contributed by atoms with van der Waals surface area (Å²) in [5, 5.41) is 8.86. The molecule has 3 N–H and O–H groups in total. The molecule has 0 bridgehead atoms. The van der Waals surface area contributed by atoms with Crippen molar-refractivity contribution in [2.24, 2.45) is 5.10 Å². The van der Waals surface area contributed by atoms with Crippen molar-refractivity contribution in [3.63, 3.8) is 0 Å². The Hall–Kier alpha value is -4.73. The molecule has 3 rings (SSSR count). The molecule has 0 heterocycles. The van der Waals surface area contributed by atoms with E-state index >= 15 is 0 Å². The van der Waals surface area contributed by atoms with Crippen molar-refractivity contribution in [2.75, 3.05) is 24.4 Å². The largest absolute Gasteiger partial charge is 0.493 e. The van der Waals surface area contributed by atoms with Crippen LogP contribution in [-0.2, 0) is 14.4 Å². The SMILES string of the molecule is COc1cc(/C=N\NC(=O)C(=O)Nc2cccc(C)c2)ccc1OCC(=O)Nc1ccc(F)cc1. The molecule has 0 spiro atoms. The Morgan fingerprint density at radius 2 is 1.69 bits per heavy atom. The number of aryl methyl sites for hydroxylation is 1. The highest BCUT2D eigenvalue weighted by Crippen LogP contribution is 2.27. The van der Waals surface area contributed by atoms with Crippen molar-refractivity contribution in [1.29, 1.82) is 0 Å². The molecule has 0 fully saturated rings. The van der Waals surface area contributed by atoms with Crippen LogP contribution in [0.5, 0.6) is 11.5 Å². The number of nitrogens with zero attached hydrogens (tertiary/aromatic N) is 1. The monoisotopic (exact) mass is 478 g/mol. The second-order valence-corrected chi connectivity index (χ2v) is 7.28. The zero-order valence-corrected chi connectivity index (χ0v) is 19.0. The smallest absolute Gasteiger partial charge is 0.329 e. The second-order valence-electron chi connectivity index (χ2n) is 7.28. The lowest BCUT2D eigenvalue weighted by Crippen LogP contribution is -2.32. The maximum atomic E-state index is 13.0. The van der Waals surface area contributed by atoms with Gasteiger partial charge in [0.15, 0.2) is 18.1 Å². The van der Waals surface area contributed by atoms with E-state index in [0.717, 1.165) is 5.56 Å². The summed E-state index contributed by atoms with van der Waals surface area (Å²) in [6.07, 6.45) is 1.32. The number of hydrogen-bond donors (Lipinski definition) is 3. The standard InChI is InChI=1S/C25H23FN4O5/c1-16-4-3-5-20(12-16)29-24(32)25(33)30-27-14-17-6-11-21(22(13-17)34-2)35-15-23(31)28-19-9-7-18(26)8-10-19/h3-14H,15H2,1-2H3,(H,28,31)(H,29,32)(H,30,33)/b27-14-. The van der Waals surface area contributed by atoms with Crippen LogP contribution in [0, 0.1) is 12.7 Å². The van der Waals surface area contributed by atoms with E-state index in [1.54, 1.807) is 36.4 Å². The number of ether oxygens (including phenoxy) is 2. The lowest BCUT2D eigenvalue weighted by molar-refractivity contribution is -0.136. The van der Waals surface area contributed by atoms with Gasteiger partial charge in [-0.15, -0.1) is 0 Å². The molecule has 0 aliphatic heterocycles. The molecule has 0 aromatic heterocycles. The highest BCUT2D eigenvalue weighted by atomic mass is 19.1. The van der Waals surface area contributed by atoms with Crippen LogP contribution in [0.15, 0.2) is 71.8 Å². The van der Waals surface area contributed by atoms with E-state index in [0.29, 0.717) is 28.4 Å². The minimum Gasteiger partial charge on any atom is -0.493 e. The van der Waals surface area contributed by atoms with Gasteiger partial charge in [-0.05, 0) is 72.6 Å². The molecule has 180 valence electrons. The summed E-state index contributed by atoms with van der Waals surface area (Å²) in [5.74, 6) is -1.99. The van der Waals surface area contributed by atoms with Crippen LogP contribution in [0.2, 0.25) is 0 Å². The van der Waals surface area contributed by atoms with Gasteiger partial charge in [-0.2, -0.15) is 5.10 Å². The summed E-state index contributed by atoms with van der Waals surface area (Å²) in [6.45, 7) is 1.57. The number of hydrazone groups is 1. The van der Waals surface area contributed by atoms with Crippen LogP contribution in [0.25, 0.3) is 0 Å². The van der Waals surface area contributed by atoms with Gasteiger partial charge >= 0.3 is 11.8 Å². The molecule has 0 radical (unpaired) electrons. The number of carbonyl (C=O) groups excluding carboxylic acids is 3. The Morgan fingerprint density at radius 3 is 2.40 bits per heavy atom. The number of carbonyl (C=O) groups is 3. The first-order valence-electron chi connectivity index (χ1n) is 10.4. The van der Waals surface area contributed by atoms with Gasteiger partial charge in [-0.1, -0.05) is 12.1 Å². The Kier molecular flexibility index (Phi) is 8.49. The first-order valence-corrected chi connectivity index (χ1v) is 10.4. The minimum atomic E-state index is -0.929. The molecule has 0 unspecified atom stereocenters. The molecule has 35 heavy (non-hydrogen) atoms. The van der Waals surface area contributed by atoms with Crippen molar-refractivity contribution in [3.05, 3.63) is 83.7 Å². The van der Waals surface area contributed by atoms with E-state index < -0.39 is 23.5 Å². The van der Waals surface area contributed by atoms with E-state index in [4.69, 9.17) is 9.47 Å². The van der Waals surface area contributed by atoms with Crippen molar-refractivity contribution in [2.45, 2.75) is 6.92 Å². The number of rotatable bonds is 8. The van der Waals surface area contributed by atoms with E-state index in [-0.39, 0.29) is 6.61 Å². The number of benzene rings is 3. The molecule has 0 aliphatic rings. The highest BCUT2D eigenvalue weighted by Gasteiger charge is 2.13. The zero-order chi connectivity index (χ0) is 25.2. The van der Waals surface area contributed by atoms with Gasteiger partial charge in [0.05, 0.1) is 13.3 Å². The van der Waals surface area contributed by atoms with Gasteiger partial charge < -0.3 is 20.1 Å². The highest BCUT2D eigenvalue weighted by molar-refractivity contribution is 6.39. The van der Waals surface area contributed by atoms with Crippen LogP contribution in [0.3, 0.4) is 0 Å². The fraction of sp³-hybridized carbons (Fsp3) is 0.120. The molecule has 3 aromatic carbocycles. The number of hydrogen-bond acceptors (Lipinski definition) is 6. The average molecular weight is 478 g/mol. The van der Waals surface area contributed by atoms with Crippen LogP contribution in [-0.4, -0.2) is 37.7 Å². The third-order valence-corrected chi connectivity index (χ3v) is 4.54. The summed E-state index contributed by atoms with van der Waals surface area (Å²) in [4.78, 5) is 36.0. The molecule has 0 saturated carbocycles. The summed E-state index contributed by atoms with van der Waals surface area (Å²) in [5.41, 5.74) is 4.58. The second kappa shape index (κ2) is 11.9. The maximum Gasteiger partial charge on any atom is 0.329 e. The van der Waals surface area contributed by atoms with Crippen LogP contribution in [0.1, 0.15) is 11.1 Å². The van der Waals surface area contributed by atoms with E-state index in [1.807, 2.05) is 13.0 Å². The van der Waals surface area contributed by atoms with Crippen molar-refractivity contribution >= 4 is 35.3 Å². The predicted molar refractivity (Wildman–Crippen MR) is 129 cm³/mol. The fourth-order valence-corrected chi connectivity index (χ4v) is 2.88.